The number of nitrogen functional groups attached to an aromatic ring is 1. The third-order valence-corrected chi connectivity index (χ3v) is 2.60. The van der Waals surface area contributed by atoms with Crippen LogP contribution in [0.1, 0.15) is 5.56 Å². The fourth-order valence-electron chi connectivity index (χ4n) is 1.69. The first-order valence-electron chi connectivity index (χ1n) is 5.21. The maximum Gasteiger partial charge on any atom is 0.416 e. The van der Waals surface area contributed by atoms with Gasteiger partial charge >= 0.3 is 6.18 Å². The minimum absolute atomic E-state index is 0.0185. The average molecular weight is 273 g/mol. The summed E-state index contributed by atoms with van der Waals surface area (Å²) in [5.74, 6) is -1.46. The number of hydrogen-bond donors (Lipinski definition) is 1. The van der Waals surface area contributed by atoms with Gasteiger partial charge in [0.2, 0.25) is 0 Å². The number of alkyl halides is 3. The summed E-state index contributed by atoms with van der Waals surface area (Å²) in [5.41, 5.74) is 4.12. The smallest absolute Gasteiger partial charge is 0.398 e. The summed E-state index contributed by atoms with van der Waals surface area (Å²) in [5, 5.41) is 0. The van der Waals surface area contributed by atoms with Crippen LogP contribution in [0.2, 0.25) is 0 Å². The molecule has 1 nitrogen and oxygen atoms in total. The van der Waals surface area contributed by atoms with E-state index >= 15 is 0 Å². The molecule has 0 aliphatic rings. The molecule has 100 valence electrons. The van der Waals surface area contributed by atoms with Gasteiger partial charge in [0.25, 0.3) is 0 Å². The number of nitrogens with two attached hydrogens (primary N) is 1. The van der Waals surface area contributed by atoms with E-state index in [1.807, 2.05) is 0 Å². The van der Waals surface area contributed by atoms with Crippen molar-refractivity contribution in [3.63, 3.8) is 0 Å². The van der Waals surface area contributed by atoms with Crippen LogP contribution < -0.4 is 5.73 Å². The van der Waals surface area contributed by atoms with Crippen molar-refractivity contribution in [2.75, 3.05) is 5.73 Å². The largest absolute Gasteiger partial charge is 0.416 e. The van der Waals surface area contributed by atoms with Crippen LogP contribution in [0, 0.1) is 11.6 Å². The van der Waals surface area contributed by atoms with E-state index in [-0.39, 0.29) is 16.8 Å². The molecule has 0 heterocycles. The SMILES string of the molecule is Nc1cc(C(F)(F)F)ccc1-c1cc(F)ccc1F. The highest BCUT2D eigenvalue weighted by Crippen LogP contribution is 2.35. The van der Waals surface area contributed by atoms with Crippen LogP contribution in [-0.2, 0) is 6.18 Å². The highest BCUT2D eigenvalue weighted by molar-refractivity contribution is 5.77. The van der Waals surface area contributed by atoms with Crippen LogP contribution in [-0.4, -0.2) is 0 Å². The Morgan fingerprint density at radius 3 is 2.11 bits per heavy atom. The van der Waals surface area contributed by atoms with E-state index < -0.39 is 23.4 Å². The second-order valence-corrected chi connectivity index (χ2v) is 3.92. The molecule has 0 aromatic heterocycles. The molecule has 19 heavy (non-hydrogen) atoms. The van der Waals surface area contributed by atoms with Crippen molar-refractivity contribution in [1.29, 1.82) is 0 Å². The Kier molecular flexibility index (Phi) is 3.18. The van der Waals surface area contributed by atoms with Gasteiger partial charge in [0.1, 0.15) is 11.6 Å². The highest BCUT2D eigenvalue weighted by Gasteiger charge is 2.31. The molecule has 0 atom stereocenters. The molecule has 0 bridgehead atoms. The number of anilines is 1. The van der Waals surface area contributed by atoms with Gasteiger partial charge in [-0.3, -0.25) is 0 Å². The van der Waals surface area contributed by atoms with Crippen LogP contribution >= 0.6 is 0 Å². The predicted molar refractivity (Wildman–Crippen MR) is 61.2 cm³/mol. The standard InChI is InChI=1S/C13H8F5N/c14-8-2-4-11(15)10(6-8)9-3-1-7(5-12(9)19)13(16,17)18/h1-6H,19H2. The maximum absolute atomic E-state index is 13.5. The minimum atomic E-state index is -4.53. The number of benzene rings is 2. The van der Waals surface area contributed by atoms with Crippen molar-refractivity contribution in [3.05, 3.63) is 53.6 Å². The first-order chi connectivity index (χ1) is 8.79. The zero-order valence-electron chi connectivity index (χ0n) is 9.43. The Labute approximate surface area is 105 Å². The molecular weight excluding hydrogens is 265 g/mol. The summed E-state index contributed by atoms with van der Waals surface area (Å²) in [6, 6.07) is 5.18. The van der Waals surface area contributed by atoms with Crippen LogP contribution in [0.3, 0.4) is 0 Å². The molecule has 2 N–H and O–H groups in total. The fraction of sp³-hybridized carbons (Fsp3) is 0.0769. The summed E-state index contributed by atoms with van der Waals surface area (Å²) in [6.45, 7) is 0. The third-order valence-electron chi connectivity index (χ3n) is 2.60. The lowest BCUT2D eigenvalue weighted by Crippen LogP contribution is -2.06. The van der Waals surface area contributed by atoms with E-state index in [1.54, 1.807) is 0 Å². The number of rotatable bonds is 1. The third kappa shape index (κ3) is 2.67. The van der Waals surface area contributed by atoms with Crippen molar-refractivity contribution in [3.8, 4) is 11.1 Å². The molecule has 2 aromatic carbocycles. The van der Waals surface area contributed by atoms with E-state index in [4.69, 9.17) is 5.73 Å². The molecule has 0 unspecified atom stereocenters. The van der Waals surface area contributed by atoms with Crippen molar-refractivity contribution < 1.29 is 22.0 Å². The van der Waals surface area contributed by atoms with Crippen LogP contribution in [0.5, 0.6) is 0 Å². The lowest BCUT2D eigenvalue weighted by atomic mass is 10.0. The van der Waals surface area contributed by atoms with Gasteiger partial charge < -0.3 is 5.73 Å². The molecule has 0 radical (unpaired) electrons. The maximum atomic E-state index is 13.5. The van der Waals surface area contributed by atoms with Crippen LogP contribution in [0.4, 0.5) is 27.6 Å². The number of halogens is 5. The normalized spacial score (nSPS) is 11.6. The van der Waals surface area contributed by atoms with Gasteiger partial charge in [-0.25, -0.2) is 8.78 Å². The highest BCUT2D eigenvalue weighted by atomic mass is 19.4. The lowest BCUT2D eigenvalue weighted by molar-refractivity contribution is -0.137. The molecule has 0 saturated heterocycles. The lowest BCUT2D eigenvalue weighted by Gasteiger charge is -2.11. The Morgan fingerprint density at radius 2 is 1.53 bits per heavy atom. The van der Waals surface area contributed by atoms with Crippen molar-refractivity contribution in [2.45, 2.75) is 6.18 Å². The van der Waals surface area contributed by atoms with E-state index in [9.17, 15) is 22.0 Å². The second-order valence-electron chi connectivity index (χ2n) is 3.92. The summed E-state index contributed by atoms with van der Waals surface area (Å²) < 4.78 is 63.9. The van der Waals surface area contributed by atoms with Crippen molar-refractivity contribution >= 4 is 5.69 Å². The monoisotopic (exact) mass is 273 g/mol. The van der Waals surface area contributed by atoms with Gasteiger partial charge in [0.05, 0.1) is 5.56 Å². The topological polar surface area (TPSA) is 26.0 Å². The Balaban J connectivity index is 2.55. The van der Waals surface area contributed by atoms with Crippen LogP contribution in [0.15, 0.2) is 36.4 Å². The van der Waals surface area contributed by atoms with E-state index in [0.29, 0.717) is 6.07 Å². The Bertz CT molecular complexity index is 619. The second kappa shape index (κ2) is 4.53. The van der Waals surface area contributed by atoms with Gasteiger partial charge in [-0.05, 0) is 30.3 Å². The van der Waals surface area contributed by atoms with Gasteiger partial charge in [-0.1, -0.05) is 6.07 Å². The zero-order valence-corrected chi connectivity index (χ0v) is 9.43. The Hall–Kier alpha value is -2.11. The molecule has 0 amide bonds. The van der Waals surface area contributed by atoms with Gasteiger partial charge in [0.15, 0.2) is 0 Å². The molecule has 0 fully saturated rings. The molecule has 0 spiro atoms. The molecule has 0 aliphatic heterocycles. The summed E-state index contributed by atoms with van der Waals surface area (Å²) in [6.07, 6.45) is -4.53. The molecule has 6 heteroatoms. The summed E-state index contributed by atoms with van der Waals surface area (Å²) in [4.78, 5) is 0. The quantitative estimate of drug-likeness (QED) is 0.610. The van der Waals surface area contributed by atoms with Gasteiger partial charge in [0, 0.05) is 16.8 Å². The van der Waals surface area contributed by atoms with E-state index in [1.165, 1.54) is 0 Å². The first kappa shape index (κ1) is 13.3. The van der Waals surface area contributed by atoms with E-state index in [0.717, 1.165) is 30.3 Å². The Morgan fingerprint density at radius 1 is 0.842 bits per heavy atom. The average Bonchev–Trinajstić information content (AvgIpc) is 2.31. The van der Waals surface area contributed by atoms with E-state index in [2.05, 4.69) is 0 Å². The molecule has 2 aromatic rings. The predicted octanol–water partition coefficient (Wildman–Crippen LogP) is 4.23. The molecule has 2 rings (SSSR count). The van der Waals surface area contributed by atoms with Crippen LogP contribution in [0.25, 0.3) is 11.1 Å². The molecular formula is C13H8F5N. The zero-order chi connectivity index (χ0) is 14.2. The first-order valence-corrected chi connectivity index (χ1v) is 5.21. The summed E-state index contributed by atoms with van der Waals surface area (Å²) >= 11 is 0. The molecule has 0 aliphatic carbocycles. The van der Waals surface area contributed by atoms with Crippen molar-refractivity contribution in [1.82, 2.24) is 0 Å². The van der Waals surface area contributed by atoms with Gasteiger partial charge in [-0.15, -0.1) is 0 Å². The molecule has 0 saturated carbocycles. The van der Waals surface area contributed by atoms with Gasteiger partial charge in [-0.2, -0.15) is 13.2 Å². The minimum Gasteiger partial charge on any atom is -0.398 e. The number of hydrogen-bond acceptors (Lipinski definition) is 1. The summed E-state index contributed by atoms with van der Waals surface area (Å²) in [7, 11) is 0. The van der Waals surface area contributed by atoms with Crippen molar-refractivity contribution in [2.24, 2.45) is 0 Å². The fourth-order valence-corrected chi connectivity index (χ4v) is 1.69.